The van der Waals surface area contributed by atoms with E-state index in [0.717, 1.165) is 22.9 Å². The molecule has 0 radical (unpaired) electrons. The molecule has 3 heteroatoms. The molecule has 0 aliphatic heterocycles. The first-order chi connectivity index (χ1) is 11.9. The van der Waals surface area contributed by atoms with Crippen molar-refractivity contribution in [2.75, 3.05) is 20.6 Å². The lowest BCUT2D eigenvalue weighted by Crippen LogP contribution is -3.00. The topological polar surface area (TPSA) is 0 Å². The third-order valence-electron chi connectivity index (χ3n) is 6.61. The van der Waals surface area contributed by atoms with Crippen molar-refractivity contribution < 1.29 is 28.5 Å². The molecular formula is C23H30INS. The Kier molecular flexibility index (Phi) is 5.72. The summed E-state index contributed by atoms with van der Waals surface area (Å²) in [7, 11) is 4.76. The van der Waals surface area contributed by atoms with Gasteiger partial charge in [-0.3, -0.25) is 0 Å². The third kappa shape index (κ3) is 3.81. The summed E-state index contributed by atoms with van der Waals surface area (Å²) in [6.45, 7) is 7.23. The normalized spacial score (nSPS) is 23.6. The maximum absolute atomic E-state index is 2.56. The van der Waals surface area contributed by atoms with Gasteiger partial charge in [0, 0.05) is 5.56 Å². The molecule has 0 saturated heterocycles. The maximum Gasteiger partial charge on any atom is 0.104 e. The quantitative estimate of drug-likeness (QED) is 0.352. The van der Waals surface area contributed by atoms with Crippen LogP contribution in [-0.4, -0.2) is 25.1 Å². The Morgan fingerprint density at radius 3 is 2.35 bits per heavy atom. The third-order valence-corrected chi connectivity index (χ3v) is 7.30. The molecule has 2 aromatic rings. The zero-order chi connectivity index (χ0) is 17.7. The molecule has 0 amide bonds. The Balaban J connectivity index is 0.00000196. The van der Waals surface area contributed by atoms with Gasteiger partial charge >= 0.3 is 0 Å². The lowest BCUT2D eigenvalue weighted by atomic mass is 9.49. The molecule has 5 rings (SSSR count). The molecule has 0 spiro atoms. The molecule has 0 N–H and O–H groups in total. The largest absolute Gasteiger partial charge is 1.00 e. The van der Waals surface area contributed by atoms with Crippen LogP contribution < -0.4 is 24.0 Å². The van der Waals surface area contributed by atoms with Gasteiger partial charge in [0.25, 0.3) is 0 Å². The minimum atomic E-state index is 0. The van der Waals surface area contributed by atoms with Crippen LogP contribution in [0.3, 0.4) is 0 Å². The summed E-state index contributed by atoms with van der Waals surface area (Å²) in [6, 6.07) is 11.4. The van der Waals surface area contributed by atoms with Crippen molar-refractivity contribution in [2.45, 2.75) is 33.2 Å². The van der Waals surface area contributed by atoms with E-state index in [0.29, 0.717) is 5.41 Å². The minimum Gasteiger partial charge on any atom is -1.00 e. The summed E-state index contributed by atoms with van der Waals surface area (Å²) in [4.78, 5) is 0. The molecule has 2 bridgehead atoms. The van der Waals surface area contributed by atoms with Crippen LogP contribution in [-0.2, 0) is 6.54 Å². The van der Waals surface area contributed by atoms with Crippen LogP contribution in [0.1, 0.15) is 32.3 Å². The van der Waals surface area contributed by atoms with Gasteiger partial charge in [-0.1, -0.05) is 44.2 Å². The second-order valence-corrected chi connectivity index (χ2v) is 10.1. The molecule has 3 aliphatic rings. The molecule has 3 aliphatic carbocycles. The number of hydrogen-bond donors (Lipinski definition) is 0. The van der Waals surface area contributed by atoms with Gasteiger partial charge in [0.2, 0.25) is 0 Å². The summed E-state index contributed by atoms with van der Waals surface area (Å²) in [5.74, 6) is 1.76. The van der Waals surface area contributed by atoms with E-state index in [1.807, 2.05) is 0 Å². The highest BCUT2D eigenvalue weighted by Crippen LogP contribution is 2.59. The van der Waals surface area contributed by atoms with Gasteiger partial charge in [0.1, 0.15) is 13.1 Å². The van der Waals surface area contributed by atoms with Crippen LogP contribution in [0.15, 0.2) is 52.7 Å². The predicted molar refractivity (Wildman–Crippen MR) is 109 cm³/mol. The Morgan fingerprint density at radius 2 is 1.77 bits per heavy atom. The number of hydrogen-bond acceptors (Lipinski definition) is 1. The van der Waals surface area contributed by atoms with Crippen LogP contribution >= 0.6 is 11.3 Å². The van der Waals surface area contributed by atoms with Gasteiger partial charge in [-0.05, 0) is 63.6 Å². The minimum absolute atomic E-state index is 0. The summed E-state index contributed by atoms with van der Waals surface area (Å²) in [5.41, 5.74) is 6.34. The van der Waals surface area contributed by atoms with Crippen molar-refractivity contribution in [3.63, 3.8) is 0 Å². The number of benzene rings is 1. The molecule has 1 aromatic carbocycles. The lowest BCUT2D eigenvalue weighted by molar-refractivity contribution is -0.899. The van der Waals surface area contributed by atoms with Crippen molar-refractivity contribution >= 4 is 11.3 Å². The SMILES string of the molecule is CC1(C)[C@H]2CC=C(C[N+](C)(C)Cc3ccc(-c4ccsc4)cc3)[C@@H]1C2.[I-]. The fourth-order valence-electron chi connectivity index (χ4n) is 4.93. The predicted octanol–water partition coefficient (Wildman–Crippen LogP) is 2.99. The average molecular weight is 479 g/mol. The van der Waals surface area contributed by atoms with Crippen LogP contribution in [0.2, 0.25) is 0 Å². The number of halogens is 1. The molecule has 1 nitrogen and oxygen atoms in total. The zero-order valence-electron chi connectivity index (χ0n) is 16.3. The summed E-state index contributed by atoms with van der Waals surface area (Å²) in [5, 5.41) is 4.37. The maximum atomic E-state index is 2.56. The number of nitrogens with zero attached hydrogens (tertiary/aromatic N) is 1. The standard InChI is InChI=1S/C23H30NS.HI/c1-23(2)21-10-9-19(22(23)13-21)15-24(3,4)14-17-5-7-18(8-6-17)20-11-12-25-16-20;/h5-9,11-12,16,21-22H,10,13-15H2,1-4H3;1H/q+1;/p-1/t21-,22-;/m0./s1. The molecule has 140 valence electrons. The van der Waals surface area contributed by atoms with Crippen LogP contribution in [0.4, 0.5) is 0 Å². The molecular weight excluding hydrogens is 449 g/mol. The van der Waals surface area contributed by atoms with Gasteiger partial charge < -0.3 is 28.5 Å². The van der Waals surface area contributed by atoms with Gasteiger partial charge in [-0.2, -0.15) is 11.3 Å². The fourth-order valence-corrected chi connectivity index (χ4v) is 5.60. The van der Waals surface area contributed by atoms with E-state index in [2.05, 4.69) is 75.1 Å². The Morgan fingerprint density at radius 1 is 1.04 bits per heavy atom. The van der Waals surface area contributed by atoms with E-state index >= 15 is 0 Å². The fraction of sp³-hybridized carbons (Fsp3) is 0.478. The first kappa shape index (κ1) is 20.1. The lowest BCUT2D eigenvalue weighted by Gasteiger charge is -2.57. The van der Waals surface area contributed by atoms with E-state index < -0.39 is 0 Å². The average Bonchev–Trinajstić information content (AvgIpc) is 3.09. The highest BCUT2D eigenvalue weighted by molar-refractivity contribution is 7.08. The first-order valence-electron chi connectivity index (χ1n) is 9.48. The summed E-state index contributed by atoms with van der Waals surface area (Å²) >= 11 is 1.76. The van der Waals surface area contributed by atoms with Gasteiger partial charge in [-0.15, -0.1) is 0 Å². The number of thiophene rings is 1. The Bertz CT molecular complexity index is 771. The molecule has 1 saturated carbocycles. The van der Waals surface area contributed by atoms with Crippen molar-refractivity contribution in [2.24, 2.45) is 17.3 Å². The van der Waals surface area contributed by atoms with E-state index in [1.54, 1.807) is 16.9 Å². The number of rotatable bonds is 5. The van der Waals surface area contributed by atoms with Crippen LogP contribution in [0.25, 0.3) is 11.1 Å². The summed E-state index contributed by atoms with van der Waals surface area (Å²) < 4.78 is 1.04. The molecule has 26 heavy (non-hydrogen) atoms. The number of likely N-dealkylation sites (N-methyl/N-ethyl adjacent to an activating group) is 1. The monoisotopic (exact) mass is 479 g/mol. The van der Waals surface area contributed by atoms with Crippen LogP contribution in [0, 0.1) is 17.3 Å². The van der Waals surface area contributed by atoms with E-state index in [1.165, 1.54) is 36.1 Å². The zero-order valence-corrected chi connectivity index (χ0v) is 19.3. The van der Waals surface area contributed by atoms with Crippen molar-refractivity contribution in [3.05, 3.63) is 58.3 Å². The van der Waals surface area contributed by atoms with Gasteiger partial charge in [0.05, 0.1) is 14.1 Å². The van der Waals surface area contributed by atoms with Crippen molar-refractivity contribution in [1.82, 2.24) is 0 Å². The van der Waals surface area contributed by atoms with Gasteiger partial charge in [-0.25, -0.2) is 0 Å². The molecule has 1 fully saturated rings. The van der Waals surface area contributed by atoms with Crippen molar-refractivity contribution in [1.29, 1.82) is 0 Å². The molecule has 1 aromatic heterocycles. The smallest absolute Gasteiger partial charge is 0.104 e. The molecule has 2 atom stereocenters. The Hall–Kier alpha value is -0.650. The number of fused-ring (bicyclic) bond motifs is 1. The Labute approximate surface area is 179 Å². The second kappa shape index (κ2) is 7.40. The number of allylic oxidation sites excluding steroid dienone is 1. The molecule has 0 unspecified atom stereocenters. The van der Waals surface area contributed by atoms with Crippen molar-refractivity contribution in [3.8, 4) is 11.1 Å². The van der Waals surface area contributed by atoms with E-state index in [9.17, 15) is 0 Å². The summed E-state index contributed by atoms with van der Waals surface area (Å²) in [6.07, 6.45) is 5.28. The highest BCUT2D eigenvalue weighted by atomic mass is 127. The second-order valence-electron chi connectivity index (χ2n) is 9.28. The number of quaternary nitrogens is 1. The van der Waals surface area contributed by atoms with Crippen LogP contribution in [0.5, 0.6) is 0 Å². The van der Waals surface area contributed by atoms with E-state index in [-0.39, 0.29) is 24.0 Å². The first-order valence-corrected chi connectivity index (χ1v) is 10.4. The highest BCUT2D eigenvalue weighted by Gasteiger charge is 2.52. The van der Waals surface area contributed by atoms with Gasteiger partial charge in [0.15, 0.2) is 0 Å². The molecule has 1 heterocycles. The van der Waals surface area contributed by atoms with E-state index in [4.69, 9.17) is 0 Å².